The molecule has 4 nitrogen and oxygen atoms in total. The number of hydrogen-bond acceptors (Lipinski definition) is 2. The molecule has 0 aromatic heterocycles. The van der Waals surface area contributed by atoms with Gasteiger partial charge in [0.25, 0.3) is 5.91 Å². The van der Waals surface area contributed by atoms with Crippen LogP contribution in [0.1, 0.15) is 39.3 Å². The van der Waals surface area contributed by atoms with E-state index in [1.807, 2.05) is 32.2 Å². The van der Waals surface area contributed by atoms with Crippen molar-refractivity contribution in [3.05, 3.63) is 33.8 Å². The second-order valence-corrected chi connectivity index (χ2v) is 6.76. The van der Waals surface area contributed by atoms with Gasteiger partial charge >= 0.3 is 0 Å². The molecule has 2 atom stereocenters. The van der Waals surface area contributed by atoms with Crippen molar-refractivity contribution in [3.8, 4) is 6.07 Å². The van der Waals surface area contributed by atoms with Crippen molar-refractivity contribution in [2.75, 3.05) is 6.54 Å². The van der Waals surface area contributed by atoms with E-state index in [9.17, 15) is 10.1 Å². The van der Waals surface area contributed by atoms with Gasteiger partial charge in [-0.15, -0.1) is 0 Å². The zero-order valence-corrected chi connectivity index (χ0v) is 14.8. The number of benzene rings is 1. The highest BCUT2D eigenvalue weighted by atomic mass is 35.5. The molecule has 1 aromatic rings. The quantitative estimate of drug-likeness (QED) is 0.834. The van der Waals surface area contributed by atoms with E-state index in [2.05, 4.69) is 11.4 Å². The Morgan fingerprint density at radius 1 is 1.41 bits per heavy atom. The number of hydrogen-bond donors (Lipinski definition) is 2. The number of nitrogens with one attached hydrogen (secondary N) is 1. The van der Waals surface area contributed by atoms with Crippen LogP contribution < -0.4 is 10.6 Å². The van der Waals surface area contributed by atoms with Gasteiger partial charge in [-0.1, -0.05) is 43.1 Å². The van der Waals surface area contributed by atoms with Gasteiger partial charge in [-0.2, -0.15) is 5.26 Å². The molecule has 22 heavy (non-hydrogen) atoms. The number of nitriles is 1. The average Bonchev–Trinajstić information content (AvgIpc) is 2.44. The molecule has 1 amide bonds. The van der Waals surface area contributed by atoms with Crippen LogP contribution in [0.2, 0.25) is 10.0 Å². The van der Waals surface area contributed by atoms with Crippen LogP contribution in [0.5, 0.6) is 0 Å². The Hall–Kier alpha value is -1.28. The van der Waals surface area contributed by atoms with E-state index < -0.39 is 5.54 Å². The number of rotatable bonds is 6. The lowest BCUT2D eigenvalue weighted by atomic mass is 9.90. The second-order valence-electron chi connectivity index (χ2n) is 5.91. The highest BCUT2D eigenvalue weighted by molar-refractivity contribution is 6.35. The van der Waals surface area contributed by atoms with Crippen LogP contribution in [-0.2, 0) is 4.79 Å². The van der Waals surface area contributed by atoms with Crippen LogP contribution in [0.25, 0.3) is 0 Å². The van der Waals surface area contributed by atoms with Gasteiger partial charge in [-0.25, -0.2) is 0 Å². The van der Waals surface area contributed by atoms with Crippen molar-refractivity contribution in [1.29, 1.82) is 5.26 Å². The van der Waals surface area contributed by atoms with Crippen LogP contribution in [0.4, 0.5) is 0 Å². The lowest BCUT2D eigenvalue weighted by Crippen LogP contribution is -2.87. The molecule has 0 aliphatic rings. The van der Waals surface area contributed by atoms with E-state index in [4.69, 9.17) is 23.2 Å². The molecular weight excluding hydrogens is 321 g/mol. The maximum Gasteiger partial charge on any atom is 0.276 e. The fraction of sp³-hybridized carbons (Fsp3) is 0.500. The molecular formula is C16H22Cl2N3O+. The standard InChI is InChI=1S/C16H21Cl2N3O/c1-10(2)16(4,9-19)21-15(22)8-20-11(3)13-6-5-12(17)7-14(13)18/h5-7,10-11,20H,8H2,1-4H3,(H,21,22)/p+1/t11-,16+/m1/s1. The van der Waals surface area contributed by atoms with Crippen molar-refractivity contribution < 1.29 is 10.1 Å². The van der Waals surface area contributed by atoms with E-state index >= 15 is 0 Å². The van der Waals surface area contributed by atoms with Crippen molar-refractivity contribution >= 4 is 29.1 Å². The first-order valence-electron chi connectivity index (χ1n) is 7.20. The van der Waals surface area contributed by atoms with Gasteiger partial charge in [0.05, 0.1) is 11.1 Å². The van der Waals surface area contributed by atoms with Crippen LogP contribution >= 0.6 is 23.2 Å². The summed E-state index contributed by atoms with van der Waals surface area (Å²) in [4.78, 5) is 12.0. The summed E-state index contributed by atoms with van der Waals surface area (Å²) >= 11 is 12.0. The van der Waals surface area contributed by atoms with Crippen molar-refractivity contribution in [1.82, 2.24) is 5.32 Å². The Labute approximate surface area is 141 Å². The summed E-state index contributed by atoms with van der Waals surface area (Å²) in [7, 11) is 0. The Bertz CT molecular complexity index is 583. The Kier molecular flexibility index (Phi) is 6.67. The van der Waals surface area contributed by atoms with Crippen molar-refractivity contribution in [3.63, 3.8) is 0 Å². The molecule has 0 fully saturated rings. The molecule has 3 N–H and O–H groups in total. The molecule has 0 heterocycles. The Balaban J connectivity index is 2.62. The summed E-state index contributed by atoms with van der Waals surface area (Å²) in [6.07, 6.45) is 0. The highest BCUT2D eigenvalue weighted by Gasteiger charge is 2.30. The SMILES string of the molecule is CC(C)[C@](C)(C#N)NC(=O)C[NH2+][C@H](C)c1ccc(Cl)cc1Cl. The van der Waals surface area contributed by atoms with Crippen LogP contribution in [0.3, 0.4) is 0 Å². The molecule has 0 aliphatic heterocycles. The van der Waals surface area contributed by atoms with Gasteiger partial charge in [0.15, 0.2) is 6.54 Å². The van der Waals surface area contributed by atoms with Gasteiger partial charge in [-0.05, 0) is 31.9 Å². The number of nitrogens with zero attached hydrogens (tertiary/aromatic N) is 1. The minimum Gasteiger partial charge on any atom is -0.333 e. The summed E-state index contributed by atoms with van der Waals surface area (Å²) < 4.78 is 0. The number of nitrogens with two attached hydrogens (primary N) is 1. The first kappa shape index (κ1) is 18.8. The Morgan fingerprint density at radius 2 is 2.05 bits per heavy atom. The molecule has 1 aromatic carbocycles. The van der Waals surface area contributed by atoms with E-state index in [1.165, 1.54) is 0 Å². The molecule has 0 bridgehead atoms. The zero-order valence-electron chi connectivity index (χ0n) is 13.3. The molecule has 0 spiro atoms. The van der Waals surface area contributed by atoms with Crippen LogP contribution in [0, 0.1) is 17.2 Å². The van der Waals surface area contributed by atoms with Gasteiger partial charge in [0.2, 0.25) is 0 Å². The minimum atomic E-state index is -0.855. The normalized spacial score (nSPS) is 15.0. The molecule has 6 heteroatoms. The van der Waals surface area contributed by atoms with Gasteiger partial charge in [0, 0.05) is 10.6 Å². The summed E-state index contributed by atoms with van der Waals surface area (Å²) in [5.74, 6) is -0.140. The van der Waals surface area contributed by atoms with Crippen LogP contribution in [-0.4, -0.2) is 18.0 Å². The maximum atomic E-state index is 12.0. The fourth-order valence-corrected chi connectivity index (χ4v) is 2.50. The second kappa shape index (κ2) is 7.82. The van der Waals surface area contributed by atoms with Crippen LogP contribution in [0.15, 0.2) is 18.2 Å². The number of carbonyl (C=O) groups excluding carboxylic acids is 1. The van der Waals surface area contributed by atoms with E-state index in [1.54, 1.807) is 19.1 Å². The van der Waals surface area contributed by atoms with Gasteiger partial charge < -0.3 is 10.6 Å². The zero-order chi connectivity index (χ0) is 16.9. The first-order chi connectivity index (χ1) is 10.2. The largest absolute Gasteiger partial charge is 0.333 e. The monoisotopic (exact) mass is 342 g/mol. The van der Waals surface area contributed by atoms with E-state index in [0.29, 0.717) is 10.0 Å². The number of amides is 1. The van der Waals surface area contributed by atoms with Gasteiger partial charge in [0.1, 0.15) is 11.6 Å². The summed E-state index contributed by atoms with van der Waals surface area (Å²) in [5.41, 5.74) is 0.0669. The molecule has 120 valence electrons. The van der Waals surface area contributed by atoms with Crippen molar-refractivity contribution in [2.24, 2.45) is 5.92 Å². The fourth-order valence-electron chi connectivity index (χ4n) is 1.92. The predicted octanol–water partition coefficient (Wildman–Crippen LogP) is 2.67. The lowest BCUT2D eigenvalue weighted by Gasteiger charge is -2.27. The summed E-state index contributed by atoms with van der Waals surface area (Å²) in [6, 6.07) is 7.50. The first-order valence-corrected chi connectivity index (χ1v) is 7.95. The Morgan fingerprint density at radius 3 is 2.55 bits per heavy atom. The maximum absolute atomic E-state index is 12.0. The van der Waals surface area contributed by atoms with Gasteiger partial charge in [-0.3, -0.25) is 4.79 Å². The summed E-state index contributed by atoms with van der Waals surface area (Å²) in [6.45, 7) is 7.74. The number of quaternary nitrogens is 1. The molecule has 0 saturated heterocycles. The third-order valence-corrected chi connectivity index (χ3v) is 4.46. The highest BCUT2D eigenvalue weighted by Crippen LogP contribution is 2.24. The smallest absolute Gasteiger partial charge is 0.276 e. The molecule has 0 radical (unpaired) electrons. The minimum absolute atomic E-state index is 0.0166. The third-order valence-electron chi connectivity index (χ3n) is 3.90. The lowest BCUT2D eigenvalue weighted by molar-refractivity contribution is -0.682. The molecule has 0 unspecified atom stereocenters. The van der Waals surface area contributed by atoms with E-state index in [0.717, 1.165) is 5.56 Å². The van der Waals surface area contributed by atoms with Crippen molar-refractivity contribution in [2.45, 2.75) is 39.3 Å². The average molecular weight is 343 g/mol. The van der Waals surface area contributed by atoms with E-state index in [-0.39, 0.29) is 24.4 Å². The number of halogens is 2. The molecule has 0 saturated carbocycles. The topological polar surface area (TPSA) is 69.5 Å². The summed E-state index contributed by atoms with van der Waals surface area (Å²) in [5, 5.41) is 15.1. The third kappa shape index (κ3) is 4.88. The molecule has 1 rings (SSSR count). The predicted molar refractivity (Wildman–Crippen MR) is 88.7 cm³/mol. The molecule has 0 aliphatic carbocycles. The number of carbonyl (C=O) groups is 1.